The number of benzene rings is 1. The Bertz CT molecular complexity index is 948. The number of pyridine rings is 1. The quantitative estimate of drug-likeness (QED) is 0.762. The van der Waals surface area contributed by atoms with E-state index in [1.807, 2.05) is 11.0 Å². The minimum atomic E-state index is -0.0854. The van der Waals surface area contributed by atoms with Crippen LogP contribution in [0.2, 0.25) is 0 Å². The molecule has 1 saturated heterocycles. The Morgan fingerprint density at radius 3 is 2.50 bits per heavy atom. The molecule has 1 aromatic carbocycles. The van der Waals surface area contributed by atoms with Crippen LogP contribution in [0.3, 0.4) is 0 Å². The normalized spacial score (nSPS) is 18.0. The summed E-state index contributed by atoms with van der Waals surface area (Å²) in [6.45, 7) is 6.95. The van der Waals surface area contributed by atoms with E-state index >= 15 is 0 Å². The first-order valence-corrected chi connectivity index (χ1v) is 11.0. The van der Waals surface area contributed by atoms with Gasteiger partial charge in [0.25, 0.3) is 11.5 Å². The first-order valence-electron chi connectivity index (χ1n) is 11.0. The second-order valence-electron chi connectivity index (χ2n) is 8.39. The van der Waals surface area contributed by atoms with Crippen molar-refractivity contribution < 1.29 is 9.53 Å². The Morgan fingerprint density at radius 2 is 1.80 bits per heavy atom. The smallest absolute Gasteiger partial charge is 0.259 e. The van der Waals surface area contributed by atoms with E-state index in [-0.39, 0.29) is 11.5 Å². The van der Waals surface area contributed by atoms with Crippen molar-refractivity contribution >= 4 is 5.91 Å². The Balaban J connectivity index is 1.59. The monoisotopic (exact) mass is 409 g/mol. The molecule has 6 heteroatoms. The summed E-state index contributed by atoms with van der Waals surface area (Å²) in [5, 5.41) is 0. The van der Waals surface area contributed by atoms with Crippen molar-refractivity contribution in [2.75, 3.05) is 39.8 Å². The van der Waals surface area contributed by atoms with Crippen LogP contribution < -0.4 is 10.3 Å². The van der Waals surface area contributed by atoms with E-state index in [1.54, 1.807) is 4.57 Å². The number of hydrogen-bond acceptors (Lipinski definition) is 4. The van der Waals surface area contributed by atoms with Crippen LogP contribution in [0, 0.1) is 0 Å². The molecule has 2 aliphatic heterocycles. The van der Waals surface area contributed by atoms with Gasteiger partial charge >= 0.3 is 0 Å². The molecule has 6 nitrogen and oxygen atoms in total. The van der Waals surface area contributed by atoms with E-state index in [2.05, 4.69) is 36.1 Å². The molecule has 0 radical (unpaired) electrons. The predicted molar refractivity (Wildman–Crippen MR) is 117 cm³/mol. The highest BCUT2D eigenvalue weighted by atomic mass is 16.5. The molecule has 0 aliphatic carbocycles. The van der Waals surface area contributed by atoms with Crippen molar-refractivity contribution in [3.05, 3.63) is 63.6 Å². The largest absolute Gasteiger partial charge is 0.496 e. The number of methoxy groups -OCH3 is 1. The number of fused-ring (bicyclic) bond motifs is 1. The second-order valence-corrected chi connectivity index (χ2v) is 8.39. The first-order chi connectivity index (χ1) is 14.6. The molecule has 2 aliphatic rings. The number of ether oxygens (including phenoxy) is 1. The minimum absolute atomic E-state index is 0.000737. The van der Waals surface area contributed by atoms with E-state index in [9.17, 15) is 9.59 Å². The third-order valence-electron chi connectivity index (χ3n) is 6.41. The lowest BCUT2D eigenvalue weighted by atomic mass is 10.0. The number of amides is 1. The fourth-order valence-electron chi connectivity index (χ4n) is 4.72. The Hall–Kier alpha value is -2.60. The predicted octanol–water partition coefficient (Wildman–Crippen LogP) is 2.75. The molecule has 0 unspecified atom stereocenters. The first kappa shape index (κ1) is 20.7. The van der Waals surface area contributed by atoms with E-state index in [4.69, 9.17) is 4.74 Å². The summed E-state index contributed by atoms with van der Waals surface area (Å²) < 4.78 is 7.28. The van der Waals surface area contributed by atoms with Crippen LogP contribution in [0.25, 0.3) is 0 Å². The van der Waals surface area contributed by atoms with E-state index < -0.39 is 0 Å². The molecule has 1 aromatic heterocycles. The molecule has 3 heterocycles. The number of carbonyl (C=O) groups is 1. The van der Waals surface area contributed by atoms with Crippen molar-refractivity contribution in [3.63, 3.8) is 0 Å². The van der Waals surface area contributed by atoms with Crippen LogP contribution in [-0.2, 0) is 13.0 Å². The Morgan fingerprint density at radius 1 is 1.07 bits per heavy atom. The van der Waals surface area contributed by atoms with Gasteiger partial charge in [-0.05, 0) is 24.3 Å². The molecular weight excluding hydrogens is 378 g/mol. The van der Waals surface area contributed by atoms with Gasteiger partial charge in [0, 0.05) is 57.4 Å². The third kappa shape index (κ3) is 4.15. The molecule has 1 fully saturated rings. The topological polar surface area (TPSA) is 54.8 Å². The van der Waals surface area contributed by atoms with E-state index in [0.717, 1.165) is 51.3 Å². The molecule has 1 atom stereocenters. The van der Waals surface area contributed by atoms with Crippen LogP contribution >= 0.6 is 0 Å². The number of nitrogens with zero attached hydrogens (tertiary/aromatic N) is 3. The lowest BCUT2D eigenvalue weighted by molar-refractivity contribution is 0.0787. The summed E-state index contributed by atoms with van der Waals surface area (Å²) in [4.78, 5) is 30.4. The lowest BCUT2D eigenvalue weighted by Gasteiger charge is -2.24. The Labute approximate surface area is 178 Å². The van der Waals surface area contributed by atoms with E-state index in [0.29, 0.717) is 30.2 Å². The van der Waals surface area contributed by atoms with Crippen LogP contribution in [0.15, 0.2) is 41.2 Å². The minimum Gasteiger partial charge on any atom is -0.496 e. The number of aromatic nitrogens is 1. The van der Waals surface area contributed by atoms with Gasteiger partial charge in [-0.25, -0.2) is 0 Å². The van der Waals surface area contributed by atoms with Crippen molar-refractivity contribution in [1.29, 1.82) is 0 Å². The summed E-state index contributed by atoms with van der Waals surface area (Å²) in [6, 6.07) is 12.0. The summed E-state index contributed by atoms with van der Waals surface area (Å²) in [6.07, 6.45) is 2.74. The molecule has 1 amide bonds. The van der Waals surface area contributed by atoms with Gasteiger partial charge in [-0.1, -0.05) is 37.3 Å². The van der Waals surface area contributed by atoms with Gasteiger partial charge in [0.1, 0.15) is 11.3 Å². The molecule has 0 spiro atoms. The van der Waals surface area contributed by atoms with Crippen molar-refractivity contribution in [3.8, 4) is 5.75 Å². The number of hydrogen-bond donors (Lipinski definition) is 0. The van der Waals surface area contributed by atoms with Crippen LogP contribution in [0.4, 0.5) is 0 Å². The molecular formula is C24H31N3O3. The molecule has 0 N–H and O–H groups in total. The molecule has 160 valence electrons. The van der Waals surface area contributed by atoms with Gasteiger partial charge in [-0.15, -0.1) is 0 Å². The fraction of sp³-hybridized carbons (Fsp3) is 0.500. The number of likely N-dealkylation sites (tertiary alicyclic amines) is 1. The maximum Gasteiger partial charge on any atom is 0.259 e. The fourth-order valence-corrected chi connectivity index (χ4v) is 4.72. The van der Waals surface area contributed by atoms with Gasteiger partial charge in [-0.2, -0.15) is 0 Å². The summed E-state index contributed by atoms with van der Waals surface area (Å²) in [5.74, 6) is 0.817. The molecule has 0 saturated carbocycles. The Kier molecular flexibility index (Phi) is 6.23. The highest BCUT2D eigenvalue weighted by Crippen LogP contribution is 2.26. The van der Waals surface area contributed by atoms with Crippen LogP contribution in [0.5, 0.6) is 5.75 Å². The average molecular weight is 410 g/mol. The maximum atomic E-state index is 13.3. The summed E-state index contributed by atoms with van der Waals surface area (Å²) >= 11 is 0. The summed E-state index contributed by atoms with van der Waals surface area (Å²) in [5.41, 5.74) is 2.64. The third-order valence-corrected chi connectivity index (χ3v) is 6.41. The van der Waals surface area contributed by atoms with Gasteiger partial charge in [-0.3, -0.25) is 9.59 Å². The highest BCUT2D eigenvalue weighted by molar-refractivity contribution is 5.98. The average Bonchev–Trinajstić information content (AvgIpc) is 3.23. The van der Waals surface area contributed by atoms with Crippen molar-refractivity contribution in [1.82, 2.24) is 14.4 Å². The van der Waals surface area contributed by atoms with Crippen LogP contribution in [-0.4, -0.2) is 60.1 Å². The summed E-state index contributed by atoms with van der Waals surface area (Å²) in [7, 11) is 1.54. The van der Waals surface area contributed by atoms with Crippen LogP contribution in [0.1, 0.15) is 47.3 Å². The van der Waals surface area contributed by atoms with E-state index in [1.165, 1.54) is 18.7 Å². The van der Waals surface area contributed by atoms with Crippen molar-refractivity contribution in [2.45, 2.75) is 38.6 Å². The standard InChI is InChI=1S/C24H31N3O3/c1-18(19-8-4-3-5-9-19)17-25-13-10-20-23(24(29)26-11-6-7-12-26)21(30-2)16-22(28)27(20)15-14-25/h3-5,8-9,16,18H,6-7,10-15,17H2,1-2H3/t18-/m0/s1. The lowest BCUT2D eigenvalue weighted by Crippen LogP contribution is -2.33. The maximum absolute atomic E-state index is 13.3. The number of carbonyl (C=O) groups excluding carboxylic acids is 1. The van der Waals surface area contributed by atoms with Gasteiger partial charge in [0.15, 0.2) is 0 Å². The number of rotatable bonds is 5. The zero-order valence-corrected chi connectivity index (χ0v) is 18.0. The SMILES string of the molecule is COc1cc(=O)n2c(c1C(=O)N1CCCC1)CCN(C[C@H](C)c1ccccc1)CC2. The van der Waals surface area contributed by atoms with Crippen molar-refractivity contribution in [2.24, 2.45) is 0 Å². The molecule has 2 aromatic rings. The second kappa shape index (κ2) is 9.04. The zero-order valence-electron chi connectivity index (χ0n) is 18.0. The molecule has 30 heavy (non-hydrogen) atoms. The molecule has 4 rings (SSSR count). The van der Waals surface area contributed by atoms with Gasteiger partial charge < -0.3 is 19.1 Å². The van der Waals surface area contributed by atoms with Gasteiger partial charge in [0.2, 0.25) is 0 Å². The zero-order chi connectivity index (χ0) is 21.1. The molecule has 0 bridgehead atoms. The highest BCUT2D eigenvalue weighted by Gasteiger charge is 2.29. The van der Waals surface area contributed by atoms with Gasteiger partial charge in [0.05, 0.1) is 7.11 Å².